The van der Waals surface area contributed by atoms with E-state index in [0.717, 1.165) is 22.8 Å². The molecule has 0 unspecified atom stereocenters. The van der Waals surface area contributed by atoms with E-state index >= 15 is 0 Å². The molecule has 84 valence electrons. The van der Waals surface area contributed by atoms with E-state index in [4.69, 9.17) is 0 Å². The zero-order chi connectivity index (χ0) is 11.9. The summed E-state index contributed by atoms with van der Waals surface area (Å²) in [6, 6.07) is 5.58. The van der Waals surface area contributed by atoms with E-state index in [2.05, 4.69) is 0 Å². The summed E-state index contributed by atoms with van der Waals surface area (Å²) in [6.45, 7) is 4.06. The van der Waals surface area contributed by atoms with Crippen LogP contribution in [0.5, 0.6) is 5.75 Å². The van der Waals surface area contributed by atoms with E-state index < -0.39 is 0 Å². The first-order valence-corrected chi connectivity index (χ1v) is 5.32. The van der Waals surface area contributed by atoms with Gasteiger partial charge in [0.1, 0.15) is 5.75 Å². The van der Waals surface area contributed by atoms with Gasteiger partial charge in [0.25, 0.3) is 0 Å². The molecule has 0 bridgehead atoms. The van der Waals surface area contributed by atoms with Crippen molar-refractivity contribution >= 4 is 17.2 Å². The maximum Gasteiger partial charge on any atom is 0.166 e. The van der Waals surface area contributed by atoms with E-state index in [1.165, 1.54) is 0 Å². The number of carbonyl (C=O) groups excluding carboxylic acids is 1. The van der Waals surface area contributed by atoms with Crippen LogP contribution >= 0.6 is 0 Å². The molecule has 16 heavy (non-hydrogen) atoms. The summed E-state index contributed by atoms with van der Waals surface area (Å²) in [5.41, 5.74) is 2.37. The number of nitrogens with zero attached hydrogens (tertiary/aromatic N) is 1. The van der Waals surface area contributed by atoms with E-state index in [-0.39, 0.29) is 11.7 Å². The van der Waals surface area contributed by atoms with Gasteiger partial charge in [0, 0.05) is 12.4 Å². The lowest BCUT2D eigenvalue weighted by Crippen LogP contribution is -1.93. The van der Waals surface area contributed by atoms with Gasteiger partial charge in [0.15, 0.2) is 6.29 Å². The number of rotatable bonds is 2. The molecule has 0 atom stereocenters. The van der Waals surface area contributed by atoms with Crippen molar-refractivity contribution < 1.29 is 9.90 Å². The quantitative estimate of drug-likeness (QED) is 0.786. The summed E-state index contributed by atoms with van der Waals surface area (Å²) in [5, 5.41) is 10.9. The van der Waals surface area contributed by atoms with Crippen molar-refractivity contribution in [1.29, 1.82) is 0 Å². The van der Waals surface area contributed by atoms with Gasteiger partial charge >= 0.3 is 0 Å². The summed E-state index contributed by atoms with van der Waals surface area (Å²) >= 11 is 0. The summed E-state index contributed by atoms with van der Waals surface area (Å²) in [4.78, 5) is 10.8. The number of phenolic OH excluding ortho intramolecular Hbond substituents is 1. The molecule has 0 aliphatic carbocycles. The molecule has 0 saturated heterocycles. The highest BCUT2D eigenvalue weighted by Crippen LogP contribution is 2.34. The molecule has 0 fully saturated rings. The fraction of sp³-hybridized carbons (Fsp3) is 0.308. The van der Waals surface area contributed by atoms with E-state index in [1.54, 1.807) is 10.6 Å². The van der Waals surface area contributed by atoms with Crippen LogP contribution in [-0.4, -0.2) is 16.0 Å². The van der Waals surface area contributed by atoms with Gasteiger partial charge in [-0.15, -0.1) is 0 Å². The molecule has 2 rings (SSSR count). The molecule has 0 saturated carbocycles. The van der Waals surface area contributed by atoms with Crippen LogP contribution < -0.4 is 0 Å². The fourth-order valence-corrected chi connectivity index (χ4v) is 2.01. The van der Waals surface area contributed by atoms with Crippen LogP contribution in [0, 0.1) is 0 Å². The number of carbonyl (C=O) groups is 1. The molecule has 0 radical (unpaired) electrons. The average molecular weight is 217 g/mol. The molecule has 1 aromatic heterocycles. The summed E-state index contributed by atoms with van der Waals surface area (Å²) < 4.78 is 1.78. The molecule has 0 aliphatic rings. The highest BCUT2D eigenvalue weighted by Gasteiger charge is 2.13. The van der Waals surface area contributed by atoms with E-state index in [1.807, 2.05) is 33.0 Å². The van der Waals surface area contributed by atoms with Crippen molar-refractivity contribution in [2.75, 3.05) is 0 Å². The van der Waals surface area contributed by atoms with Crippen LogP contribution in [0.2, 0.25) is 0 Å². The van der Waals surface area contributed by atoms with E-state index in [9.17, 15) is 9.90 Å². The third kappa shape index (κ3) is 1.40. The third-order valence-electron chi connectivity index (χ3n) is 3.01. The minimum Gasteiger partial charge on any atom is -0.507 e. The van der Waals surface area contributed by atoms with Gasteiger partial charge in [0.2, 0.25) is 0 Å². The molecule has 2 aromatic rings. The Hall–Kier alpha value is -1.77. The lowest BCUT2D eigenvalue weighted by molar-refractivity contribution is 0.111. The van der Waals surface area contributed by atoms with E-state index in [0.29, 0.717) is 5.69 Å². The predicted molar refractivity (Wildman–Crippen MR) is 64.1 cm³/mol. The van der Waals surface area contributed by atoms with Crippen molar-refractivity contribution in [2.45, 2.75) is 19.8 Å². The van der Waals surface area contributed by atoms with Crippen LogP contribution in [0.1, 0.15) is 35.8 Å². The molecule has 1 heterocycles. The molecule has 0 amide bonds. The number of aromatic nitrogens is 1. The number of aldehydes is 1. The van der Waals surface area contributed by atoms with Crippen molar-refractivity contribution in [3.63, 3.8) is 0 Å². The fourth-order valence-electron chi connectivity index (χ4n) is 2.01. The standard InChI is InChI=1S/C13H15NO2/c1-8(2)10-4-5-12-11(13(10)16)6-9(7-15)14(12)3/h4-8,16H,1-3H3. The maximum atomic E-state index is 10.8. The van der Waals surface area contributed by atoms with Crippen LogP contribution in [0.15, 0.2) is 18.2 Å². The van der Waals surface area contributed by atoms with Gasteiger partial charge < -0.3 is 9.67 Å². The summed E-state index contributed by atoms with van der Waals surface area (Å²) in [6.07, 6.45) is 0.800. The van der Waals surface area contributed by atoms with Gasteiger partial charge in [-0.3, -0.25) is 4.79 Å². The van der Waals surface area contributed by atoms with Gasteiger partial charge in [-0.25, -0.2) is 0 Å². The van der Waals surface area contributed by atoms with Gasteiger partial charge in [-0.1, -0.05) is 19.9 Å². The zero-order valence-electron chi connectivity index (χ0n) is 9.69. The molecular weight excluding hydrogens is 202 g/mol. The number of hydrogen-bond acceptors (Lipinski definition) is 2. The monoisotopic (exact) mass is 217 g/mol. The second kappa shape index (κ2) is 3.67. The second-order valence-electron chi connectivity index (χ2n) is 4.34. The molecule has 3 heteroatoms. The van der Waals surface area contributed by atoms with Crippen LogP contribution in [0.3, 0.4) is 0 Å². The third-order valence-corrected chi connectivity index (χ3v) is 3.01. The Labute approximate surface area is 94.3 Å². The summed E-state index contributed by atoms with van der Waals surface area (Å²) in [5.74, 6) is 0.556. The normalized spacial score (nSPS) is 11.2. The number of aryl methyl sites for hydroxylation is 1. The lowest BCUT2D eigenvalue weighted by atomic mass is 10.0. The highest BCUT2D eigenvalue weighted by molar-refractivity contribution is 5.93. The number of hydrogen-bond donors (Lipinski definition) is 1. The van der Waals surface area contributed by atoms with Gasteiger partial charge in [-0.2, -0.15) is 0 Å². The van der Waals surface area contributed by atoms with Crippen molar-refractivity contribution in [1.82, 2.24) is 4.57 Å². The molecule has 3 nitrogen and oxygen atoms in total. The number of fused-ring (bicyclic) bond motifs is 1. The van der Waals surface area contributed by atoms with Crippen molar-refractivity contribution in [2.24, 2.45) is 7.05 Å². The number of aromatic hydroxyl groups is 1. The zero-order valence-corrected chi connectivity index (χ0v) is 9.69. The minimum absolute atomic E-state index is 0.268. The lowest BCUT2D eigenvalue weighted by Gasteiger charge is -2.09. The summed E-state index contributed by atoms with van der Waals surface area (Å²) in [7, 11) is 1.82. The Bertz CT molecular complexity index is 553. The average Bonchev–Trinajstić information content (AvgIpc) is 2.57. The maximum absolute atomic E-state index is 10.8. The first-order chi connectivity index (χ1) is 7.56. The van der Waals surface area contributed by atoms with Crippen LogP contribution in [0.25, 0.3) is 10.9 Å². The Kier molecular flexibility index (Phi) is 2.46. The number of phenols is 1. The van der Waals surface area contributed by atoms with Gasteiger partial charge in [0.05, 0.1) is 11.2 Å². The van der Waals surface area contributed by atoms with Crippen LogP contribution in [0.4, 0.5) is 0 Å². The van der Waals surface area contributed by atoms with Crippen molar-refractivity contribution in [3.05, 3.63) is 29.5 Å². The molecule has 0 spiro atoms. The largest absolute Gasteiger partial charge is 0.507 e. The highest BCUT2D eigenvalue weighted by atomic mass is 16.3. The molecule has 1 aromatic carbocycles. The number of benzene rings is 1. The Balaban J connectivity index is 2.80. The minimum atomic E-state index is 0.268. The van der Waals surface area contributed by atoms with Crippen molar-refractivity contribution in [3.8, 4) is 5.75 Å². The topological polar surface area (TPSA) is 42.2 Å². The Morgan fingerprint density at radius 3 is 2.62 bits per heavy atom. The molecular formula is C13H15NO2. The first kappa shape index (κ1) is 10.7. The second-order valence-corrected chi connectivity index (χ2v) is 4.34. The first-order valence-electron chi connectivity index (χ1n) is 5.32. The smallest absolute Gasteiger partial charge is 0.166 e. The Morgan fingerprint density at radius 2 is 2.06 bits per heavy atom. The SMILES string of the molecule is CC(C)c1ccc2c(cc(C=O)n2C)c1O. The van der Waals surface area contributed by atoms with Crippen LogP contribution in [-0.2, 0) is 7.05 Å². The predicted octanol–water partition coefficient (Wildman–Crippen LogP) is 2.82. The Morgan fingerprint density at radius 1 is 1.38 bits per heavy atom. The molecule has 0 aliphatic heterocycles. The van der Waals surface area contributed by atoms with Gasteiger partial charge in [-0.05, 0) is 23.6 Å². The molecule has 1 N–H and O–H groups in total.